The van der Waals surface area contributed by atoms with Gasteiger partial charge in [-0.25, -0.2) is 18.7 Å². The van der Waals surface area contributed by atoms with Gasteiger partial charge in [0.15, 0.2) is 11.6 Å². The van der Waals surface area contributed by atoms with E-state index in [1.54, 1.807) is 19.9 Å². The van der Waals surface area contributed by atoms with Gasteiger partial charge in [0, 0.05) is 12.1 Å². The highest BCUT2D eigenvalue weighted by atomic mass is 19.2. The third-order valence-corrected chi connectivity index (χ3v) is 4.28. The molecule has 0 unspecified atom stereocenters. The zero-order chi connectivity index (χ0) is 27.1. The van der Waals surface area contributed by atoms with Gasteiger partial charge in [0.2, 0.25) is 5.91 Å². The molecule has 2 aromatic carbocycles. The highest BCUT2D eigenvalue weighted by Crippen LogP contribution is 2.30. The number of aliphatic hydroxyl groups is 1. The molecule has 2 amide bonds. The number of aryl methyl sites for hydroxylation is 1. The van der Waals surface area contributed by atoms with Crippen LogP contribution in [0.5, 0.6) is 0 Å². The van der Waals surface area contributed by atoms with Crippen LogP contribution >= 0.6 is 0 Å². The zero-order valence-corrected chi connectivity index (χ0v) is 20.6. The van der Waals surface area contributed by atoms with Gasteiger partial charge in [0.05, 0.1) is 42.8 Å². The van der Waals surface area contributed by atoms with Crippen LogP contribution in [0.2, 0.25) is 0 Å². The van der Waals surface area contributed by atoms with Crippen LogP contribution in [0.4, 0.5) is 24.5 Å². The molecule has 0 aromatic heterocycles. The normalized spacial score (nSPS) is 10.4. The number of nitrogens with zero attached hydrogens (tertiary/aromatic N) is 1. The molecule has 0 radical (unpaired) electrons. The molecule has 0 atom stereocenters. The molecule has 0 heterocycles. The summed E-state index contributed by atoms with van der Waals surface area (Å²) in [5.41, 5.74) is 0.877. The lowest BCUT2D eigenvalue weighted by molar-refractivity contribution is -0.122. The third kappa shape index (κ3) is 9.19. The lowest BCUT2D eigenvalue weighted by atomic mass is 10.1. The lowest BCUT2D eigenvalue weighted by Gasteiger charge is -2.15. The molecule has 0 saturated carbocycles. The Hall–Kier alpha value is -3.64. The molecule has 0 fully saturated rings. The molecule has 198 valence electrons. The van der Waals surface area contributed by atoms with Crippen LogP contribution in [-0.2, 0) is 14.5 Å². The highest BCUT2D eigenvalue weighted by Gasteiger charge is 2.23. The van der Waals surface area contributed by atoms with E-state index in [0.717, 1.165) is 12.3 Å². The number of carbonyl (C=O) groups is 2. The van der Waals surface area contributed by atoms with Crippen LogP contribution in [0.3, 0.4) is 0 Å². The number of carbonyl (C=O) groups excluding carboxylic acids is 2. The molecule has 0 aliphatic heterocycles. The van der Waals surface area contributed by atoms with Crippen molar-refractivity contribution in [2.75, 3.05) is 31.7 Å². The standard InChI is InChI=1S/C22H25F3N4O5.C2H6/c1-3-26-18(31)6-8-33-27-12-14-11-15(22(32)29-34-9-7-30)21(20(25)19(14)24)28-17-5-4-13(2)10-16(17)23;1-2/h4-5,10-12,28,30H,3,6-9H2,1-2H3,(H,26,31)(H,29,32);1-2H3/b27-12+;. The summed E-state index contributed by atoms with van der Waals surface area (Å²) in [7, 11) is 0. The van der Waals surface area contributed by atoms with Crippen LogP contribution in [0.25, 0.3) is 0 Å². The number of aliphatic hydroxyl groups excluding tert-OH is 1. The monoisotopic (exact) mass is 512 g/mol. The summed E-state index contributed by atoms with van der Waals surface area (Å²) >= 11 is 0. The number of anilines is 2. The Morgan fingerprint density at radius 1 is 1.11 bits per heavy atom. The third-order valence-electron chi connectivity index (χ3n) is 4.28. The maximum atomic E-state index is 15.0. The first-order valence-electron chi connectivity index (χ1n) is 11.3. The molecular formula is C24H31F3N4O5. The van der Waals surface area contributed by atoms with Crippen molar-refractivity contribution in [3.63, 3.8) is 0 Å². The second-order valence-electron chi connectivity index (χ2n) is 6.90. The summed E-state index contributed by atoms with van der Waals surface area (Å²) in [4.78, 5) is 33.5. The van der Waals surface area contributed by atoms with Gasteiger partial charge in [-0.1, -0.05) is 25.1 Å². The van der Waals surface area contributed by atoms with Gasteiger partial charge < -0.3 is 20.6 Å². The number of halogens is 3. The Morgan fingerprint density at radius 3 is 2.47 bits per heavy atom. The van der Waals surface area contributed by atoms with E-state index in [1.165, 1.54) is 12.1 Å². The molecule has 0 aliphatic carbocycles. The van der Waals surface area contributed by atoms with E-state index in [4.69, 9.17) is 14.8 Å². The number of amides is 2. The minimum absolute atomic E-state index is 0.00282. The molecule has 2 aromatic rings. The molecular weight excluding hydrogens is 481 g/mol. The number of nitrogens with one attached hydrogen (secondary N) is 3. The Labute approximate surface area is 207 Å². The fourth-order valence-electron chi connectivity index (χ4n) is 2.68. The summed E-state index contributed by atoms with van der Waals surface area (Å²) in [5.74, 6) is -4.85. The van der Waals surface area contributed by atoms with Gasteiger partial charge in [0.25, 0.3) is 5.91 Å². The maximum absolute atomic E-state index is 15.0. The summed E-state index contributed by atoms with van der Waals surface area (Å²) in [6.07, 6.45) is 0.834. The van der Waals surface area contributed by atoms with Crippen molar-refractivity contribution in [2.24, 2.45) is 5.16 Å². The second-order valence-corrected chi connectivity index (χ2v) is 6.90. The van der Waals surface area contributed by atoms with E-state index < -0.39 is 46.8 Å². The van der Waals surface area contributed by atoms with Gasteiger partial charge in [-0.3, -0.25) is 14.4 Å². The van der Waals surface area contributed by atoms with Crippen molar-refractivity contribution in [1.29, 1.82) is 0 Å². The Bertz CT molecular complexity index is 1050. The van der Waals surface area contributed by atoms with Crippen LogP contribution in [0.1, 0.15) is 48.7 Å². The largest absolute Gasteiger partial charge is 0.395 e. The van der Waals surface area contributed by atoms with Gasteiger partial charge in [0.1, 0.15) is 12.4 Å². The average molecular weight is 513 g/mol. The highest BCUT2D eigenvalue weighted by molar-refractivity contribution is 6.01. The molecule has 4 N–H and O–H groups in total. The number of benzene rings is 2. The number of hydroxylamine groups is 1. The smallest absolute Gasteiger partial charge is 0.277 e. The summed E-state index contributed by atoms with van der Waals surface area (Å²) in [6, 6.07) is 4.99. The Balaban J connectivity index is 0.00000316. The van der Waals surface area contributed by atoms with Gasteiger partial charge in [-0.15, -0.1) is 0 Å². The SMILES string of the molecule is CC.CCNC(=O)CCO/N=C/c1cc(C(=O)NOCCO)c(Nc2ccc(C)cc2F)c(F)c1F. The first-order valence-corrected chi connectivity index (χ1v) is 11.3. The maximum Gasteiger partial charge on any atom is 0.277 e. The van der Waals surface area contributed by atoms with Crippen molar-refractivity contribution in [2.45, 2.75) is 34.1 Å². The average Bonchev–Trinajstić information content (AvgIpc) is 2.85. The molecule has 0 saturated heterocycles. The van der Waals surface area contributed by atoms with E-state index >= 15 is 0 Å². The van der Waals surface area contributed by atoms with E-state index in [9.17, 15) is 22.8 Å². The lowest BCUT2D eigenvalue weighted by Crippen LogP contribution is -2.26. The van der Waals surface area contributed by atoms with Crippen molar-refractivity contribution in [3.05, 3.63) is 58.4 Å². The second kappa shape index (κ2) is 16.1. The van der Waals surface area contributed by atoms with Crippen molar-refractivity contribution >= 4 is 29.4 Å². The minimum atomic E-state index is -1.47. The van der Waals surface area contributed by atoms with Crippen LogP contribution in [0.15, 0.2) is 29.4 Å². The van der Waals surface area contributed by atoms with Crippen LogP contribution in [-0.4, -0.2) is 49.5 Å². The number of hydrogen-bond donors (Lipinski definition) is 4. The van der Waals surface area contributed by atoms with E-state index in [1.807, 2.05) is 19.3 Å². The van der Waals surface area contributed by atoms with E-state index in [-0.39, 0.29) is 31.2 Å². The molecule has 36 heavy (non-hydrogen) atoms. The first-order chi connectivity index (χ1) is 17.3. The molecule has 9 nitrogen and oxygen atoms in total. The summed E-state index contributed by atoms with van der Waals surface area (Å²) in [5, 5.41) is 17.2. The Morgan fingerprint density at radius 2 is 1.83 bits per heavy atom. The van der Waals surface area contributed by atoms with Gasteiger partial charge >= 0.3 is 0 Å². The summed E-state index contributed by atoms with van der Waals surface area (Å²) < 4.78 is 43.9. The minimum Gasteiger partial charge on any atom is -0.395 e. The van der Waals surface area contributed by atoms with Crippen molar-refractivity contribution in [1.82, 2.24) is 10.8 Å². The topological polar surface area (TPSA) is 121 Å². The quantitative estimate of drug-likeness (QED) is 0.195. The Kier molecular flexibility index (Phi) is 13.6. The number of rotatable bonds is 12. The molecule has 0 bridgehead atoms. The van der Waals surface area contributed by atoms with Crippen LogP contribution < -0.4 is 16.1 Å². The van der Waals surface area contributed by atoms with E-state index in [2.05, 4.69) is 15.8 Å². The van der Waals surface area contributed by atoms with Gasteiger partial charge in [-0.05, 0) is 37.6 Å². The molecule has 0 spiro atoms. The first kappa shape index (κ1) is 30.4. The predicted molar refractivity (Wildman–Crippen MR) is 129 cm³/mol. The molecule has 0 aliphatic rings. The van der Waals surface area contributed by atoms with Crippen molar-refractivity contribution < 1.29 is 37.5 Å². The zero-order valence-electron chi connectivity index (χ0n) is 20.6. The van der Waals surface area contributed by atoms with Gasteiger partial charge in [-0.2, -0.15) is 0 Å². The predicted octanol–water partition coefficient (Wildman–Crippen LogP) is 3.71. The summed E-state index contributed by atoms with van der Waals surface area (Å²) in [6.45, 7) is 7.09. The van der Waals surface area contributed by atoms with Crippen molar-refractivity contribution in [3.8, 4) is 0 Å². The van der Waals surface area contributed by atoms with Crippen LogP contribution in [0, 0.1) is 24.4 Å². The number of oxime groups is 1. The molecule has 2 rings (SSSR count). The van der Waals surface area contributed by atoms with E-state index in [0.29, 0.717) is 12.1 Å². The fraction of sp³-hybridized carbons (Fsp3) is 0.375. The molecule has 12 heteroatoms. The number of hydrogen-bond acceptors (Lipinski definition) is 7. The fourth-order valence-corrected chi connectivity index (χ4v) is 2.68.